The van der Waals surface area contributed by atoms with Crippen molar-refractivity contribution in [3.8, 4) is 11.5 Å². The third kappa shape index (κ3) is 4.13. The van der Waals surface area contributed by atoms with Crippen molar-refractivity contribution in [1.29, 1.82) is 0 Å². The first-order valence-corrected chi connectivity index (χ1v) is 9.09. The molecule has 2 heterocycles. The van der Waals surface area contributed by atoms with E-state index in [0.717, 1.165) is 42.8 Å². The van der Waals surface area contributed by atoms with Gasteiger partial charge in [-0.25, -0.2) is 0 Å². The Labute approximate surface area is 155 Å². The molecular formula is C17H23BrN4O3. The molecule has 1 N–H and O–H groups in total. The summed E-state index contributed by atoms with van der Waals surface area (Å²) in [5.74, 6) is 1.99. The maximum Gasteiger partial charge on any atom is 0.243 e. The first kappa shape index (κ1) is 18.2. The number of hydrogen-bond donors (Lipinski definition) is 1. The van der Waals surface area contributed by atoms with Gasteiger partial charge in [-0.15, -0.1) is 0 Å². The van der Waals surface area contributed by atoms with E-state index in [2.05, 4.69) is 42.8 Å². The van der Waals surface area contributed by atoms with E-state index >= 15 is 0 Å². The maximum absolute atomic E-state index is 9.99. The quantitative estimate of drug-likeness (QED) is 0.811. The van der Waals surface area contributed by atoms with Gasteiger partial charge < -0.3 is 14.4 Å². The molecule has 1 aromatic heterocycles. The lowest BCUT2D eigenvalue weighted by Crippen LogP contribution is -2.46. The smallest absolute Gasteiger partial charge is 0.243 e. The summed E-state index contributed by atoms with van der Waals surface area (Å²) in [6, 6.07) is 3.69. The van der Waals surface area contributed by atoms with E-state index in [1.807, 2.05) is 6.92 Å². The number of piperazine rings is 1. The molecule has 0 radical (unpaired) electrons. The number of aromatic nitrogens is 2. The number of hydrogen-bond acceptors (Lipinski definition) is 7. The summed E-state index contributed by atoms with van der Waals surface area (Å²) < 4.78 is 11.4. The Balaban J connectivity index is 1.58. The first-order chi connectivity index (χ1) is 12.0. The van der Waals surface area contributed by atoms with Crippen molar-refractivity contribution in [3.05, 3.63) is 33.9 Å². The second kappa shape index (κ2) is 7.72. The Morgan fingerprint density at radius 2 is 2.04 bits per heavy atom. The zero-order chi connectivity index (χ0) is 18.0. The Kier molecular flexibility index (Phi) is 5.61. The molecule has 1 fully saturated rings. The van der Waals surface area contributed by atoms with Crippen LogP contribution in [0.5, 0.6) is 11.5 Å². The monoisotopic (exact) mass is 410 g/mol. The molecule has 0 amide bonds. The molecule has 0 spiro atoms. The van der Waals surface area contributed by atoms with Crippen LogP contribution >= 0.6 is 15.9 Å². The van der Waals surface area contributed by atoms with Gasteiger partial charge in [-0.2, -0.15) is 4.98 Å². The third-order valence-corrected chi connectivity index (χ3v) is 5.34. The van der Waals surface area contributed by atoms with Gasteiger partial charge in [0.15, 0.2) is 17.3 Å². The van der Waals surface area contributed by atoms with Crippen molar-refractivity contribution in [2.45, 2.75) is 26.4 Å². The molecule has 1 saturated heterocycles. The fourth-order valence-electron chi connectivity index (χ4n) is 3.06. The van der Waals surface area contributed by atoms with Gasteiger partial charge >= 0.3 is 0 Å². The highest BCUT2D eigenvalue weighted by Gasteiger charge is 2.25. The van der Waals surface area contributed by atoms with Gasteiger partial charge in [-0.1, -0.05) is 21.1 Å². The predicted octanol–water partition coefficient (Wildman–Crippen LogP) is 2.73. The van der Waals surface area contributed by atoms with Crippen LogP contribution in [0.2, 0.25) is 0 Å². The van der Waals surface area contributed by atoms with Gasteiger partial charge in [0.2, 0.25) is 5.89 Å². The molecule has 25 heavy (non-hydrogen) atoms. The van der Waals surface area contributed by atoms with E-state index in [1.165, 1.54) is 0 Å². The molecule has 0 saturated carbocycles. The molecule has 2 aromatic rings. The van der Waals surface area contributed by atoms with Crippen LogP contribution in [0.15, 0.2) is 21.1 Å². The SMILES string of the molecule is COc1cc(Br)c(CN2CCN([C@H](C)c3nc(C)no3)CC2)cc1O. The van der Waals surface area contributed by atoms with Crippen molar-refractivity contribution in [3.63, 3.8) is 0 Å². The number of phenols is 1. The van der Waals surface area contributed by atoms with E-state index in [9.17, 15) is 5.11 Å². The lowest BCUT2D eigenvalue weighted by molar-refractivity contribution is 0.0844. The Morgan fingerprint density at radius 3 is 2.64 bits per heavy atom. The molecule has 0 aliphatic carbocycles. The number of rotatable bonds is 5. The molecule has 8 heteroatoms. The molecular weight excluding hydrogens is 388 g/mol. The number of benzene rings is 1. The van der Waals surface area contributed by atoms with Gasteiger partial charge in [0.25, 0.3) is 0 Å². The van der Waals surface area contributed by atoms with E-state index in [0.29, 0.717) is 17.5 Å². The molecule has 0 unspecified atom stereocenters. The molecule has 3 rings (SSSR count). The molecule has 1 aliphatic rings. The van der Waals surface area contributed by atoms with Crippen molar-refractivity contribution < 1.29 is 14.4 Å². The molecule has 1 aromatic carbocycles. The fourth-order valence-corrected chi connectivity index (χ4v) is 3.51. The highest BCUT2D eigenvalue weighted by Crippen LogP contribution is 2.33. The van der Waals surface area contributed by atoms with Crippen LogP contribution in [0.1, 0.15) is 30.2 Å². The summed E-state index contributed by atoms with van der Waals surface area (Å²) in [6.07, 6.45) is 0. The summed E-state index contributed by atoms with van der Waals surface area (Å²) in [5, 5.41) is 13.9. The molecule has 0 bridgehead atoms. The maximum atomic E-state index is 9.99. The van der Waals surface area contributed by atoms with Crippen LogP contribution in [0, 0.1) is 6.92 Å². The normalized spacial score (nSPS) is 17.6. The van der Waals surface area contributed by atoms with Crippen molar-refractivity contribution >= 4 is 15.9 Å². The van der Waals surface area contributed by atoms with E-state index < -0.39 is 0 Å². The lowest BCUT2D eigenvalue weighted by atomic mass is 10.1. The average Bonchev–Trinajstić information content (AvgIpc) is 3.04. The third-order valence-electron chi connectivity index (χ3n) is 4.60. The van der Waals surface area contributed by atoms with Crippen LogP contribution in [-0.4, -0.2) is 58.3 Å². The number of methoxy groups -OCH3 is 1. The fraction of sp³-hybridized carbons (Fsp3) is 0.529. The number of phenolic OH excluding ortho intramolecular Hbond substituents is 1. The van der Waals surface area contributed by atoms with Gasteiger partial charge in [0.05, 0.1) is 13.2 Å². The van der Waals surface area contributed by atoms with Crippen LogP contribution in [0.4, 0.5) is 0 Å². The van der Waals surface area contributed by atoms with Crippen LogP contribution in [-0.2, 0) is 6.54 Å². The van der Waals surface area contributed by atoms with Crippen LogP contribution in [0.3, 0.4) is 0 Å². The second-order valence-corrected chi connectivity index (χ2v) is 7.14. The topological polar surface area (TPSA) is 74.9 Å². The zero-order valence-corrected chi connectivity index (χ0v) is 16.3. The summed E-state index contributed by atoms with van der Waals surface area (Å²) in [6.45, 7) is 8.46. The van der Waals surface area contributed by atoms with E-state index in [4.69, 9.17) is 9.26 Å². The average molecular weight is 411 g/mol. The first-order valence-electron chi connectivity index (χ1n) is 8.30. The predicted molar refractivity (Wildman–Crippen MR) is 96.7 cm³/mol. The van der Waals surface area contributed by atoms with Gasteiger partial charge in [0, 0.05) is 37.2 Å². The highest BCUT2D eigenvalue weighted by molar-refractivity contribution is 9.10. The standard InChI is InChI=1S/C17H23BrN4O3/c1-11(17-19-12(2)20-25-17)22-6-4-21(5-7-22)10-13-8-15(23)16(24-3)9-14(13)18/h8-9,11,23H,4-7,10H2,1-3H3/t11-/m1/s1. The Bertz CT molecular complexity index is 729. The number of halogens is 1. The van der Waals surface area contributed by atoms with Crippen molar-refractivity contribution in [2.24, 2.45) is 0 Å². The molecule has 136 valence electrons. The van der Waals surface area contributed by atoms with Gasteiger partial charge in [-0.05, 0) is 31.5 Å². The summed E-state index contributed by atoms with van der Waals surface area (Å²) >= 11 is 3.56. The minimum absolute atomic E-state index is 0.125. The Hall–Kier alpha value is -1.64. The van der Waals surface area contributed by atoms with E-state index in [1.54, 1.807) is 19.2 Å². The number of aromatic hydroxyl groups is 1. The van der Waals surface area contributed by atoms with E-state index in [-0.39, 0.29) is 11.8 Å². The van der Waals surface area contributed by atoms with Crippen molar-refractivity contribution in [1.82, 2.24) is 19.9 Å². The number of ether oxygens (including phenoxy) is 1. The summed E-state index contributed by atoms with van der Waals surface area (Å²) in [5.41, 5.74) is 1.05. The van der Waals surface area contributed by atoms with Crippen LogP contribution < -0.4 is 4.74 Å². The lowest BCUT2D eigenvalue weighted by Gasteiger charge is -2.37. The van der Waals surface area contributed by atoms with Crippen molar-refractivity contribution in [2.75, 3.05) is 33.3 Å². The van der Waals surface area contributed by atoms with Gasteiger partial charge in [-0.3, -0.25) is 9.80 Å². The zero-order valence-electron chi connectivity index (χ0n) is 14.7. The largest absolute Gasteiger partial charge is 0.504 e. The molecule has 1 aliphatic heterocycles. The molecule has 7 nitrogen and oxygen atoms in total. The van der Waals surface area contributed by atoms with Gasteiger partial charge in [0.1, 0.15) is 0 Å². The second-order valence-electron chi connectivity index (χ2n) is 6.28. The highest BCUT2D eigenvalue weighted by atomic mass is 79.9. The summed E-state index contributed by atoms with van der Waals surface area (Å²) in [7, 11) is 1.55. The minimum Gasteiger partial charge on any atom is -0.504 e. The minimum atomic E-state index is 0.125. The number of nitrogens with zero attached hydrogens (tertiary/aromatic N) is 4. The van der Waals surface area contributed by atoms with Crippen LogP contribution in [0.25, 0.3) is 0 Å². The molecule has 1 atom stereocenters. The summed E-state index contributed by atoms with van der Waals surface area (Å²) in [4.78, 5) is 9.05. The Morgan fingerprint density at radius 1 is 1.32 bits per heavy atom. The number of aryl methyl sites for hydroxylation is 1.